The molecule has 0 aliphatic rings. The number of hydrogen-bond donors (Lipinski definition) is 3. The van der Waals surface area contributed by atoms with Crippen LogP contribution in [0, 0.1) is 12.7 Å². The Labute approximate surface area is 206 Å². The fourth-order valence-corrected chi connectivity index (χ4v) is 4.03. The van der Waals surface area contributed by atoms with Crippen LogP contribution in [0.25, 0.3) is 0 Å². The lowest BCUT2D eigenvalue weighted by Gasteiger charge is -2.14. The van der Waals surface area contributed by atoms with Gasteiger partial charge >= 0.3 is 0 Å². The van der Waals surface area contributed by atoms with Crippen molar-refractivity contribution in [3.63, 3.8) is 0 Å². The Morgan fingerprint density at radius 1 is 1.17 bits per heavy atom. The zero-order chi connectivity index (χ0) is 25.4. The van der Waals surface area contributed by atoms with Gasteiger partial charge in [0.1, 0.15) is 34.5 Å². The number of aliphatic hydroxyl groups is 1. The molecule has 0 aliphatic carbocycles. The summed E-state index contributed by atoms with van der Waals surface area (Å²) in [5, 5.41) is 11.6. The Balaban J connectivity index is 1.80. The van der Waals surface area contributed by atoms with Gasteiger partial charge in [-0.05, 0) is 38.1 Å². The Kier molecular flexibility index (Phi) is 8.93. The minimum absolute atomic E-state index is 0.0365. The Bertz CT molecular complexity index is 1250. The standard InChI is InChI=1S/C25H25FN4O4S/c1-15(24(32)29-14-17-13-28-16(2)30-23(17)27)21(11-12-31)35-25(33)22-19(26)9-6-10-20(22)34-18-7-4-3-5-8-18/h3-10,13,31H,11-12,14H2,1-2H3,(H,29,32)(H2,27,28,30)/b21-15-. The maximum Gasteiger partial charge on any atom is 0.247 e. The van der Waals surface area contributed by atoms with Crippen molar-refractivity contribution in [3.05, 3.63) is 88.0 Å². The van der Waals surface area contributed by atoms with Gasteiger partial charge in [0.15, 0.2) is 0 Å². The average Bonchev–Trinajstić information content (AvgIpc) is 2.83. The molecule has 0 spiro atoms. The van der Waals surface area contributed by atoms with Gasteiger partial charge in [-0.1, -0.05) is 36.0 Å². The van der Waals surface area contributed by atoms with Crippen molar-refractivity contribution < 1.29 is 23.8 Å². The SMILES string of the molecule is C/C(C(=O)NCc1cnc(C)nc1N)=C(\CCO)SC(=O)c1c(F)cccc1Oc1ccccc1. The van der Waals surface area contributed by atoms with Gasteiger partial charge in [-0.3, -0.25) is 9.59 Å². The van der Waals surface area contributed by atoms with Crippen molar-refractivity contribution in [3.8, 4) is 11.5 Å². The third-order valence-electron chi connectivity index (χ3n) is 4.92. The van der Waals surface area contributed by atoms with Crippen LogP contribution in [0.1, 0.15) is 35.1 Å². The van der Waals surface area contributed by atoms with E-state index in [1.54, 1.807) is 37.3 Å². The highest BCUT2D eigenvalue weighted by molar-refractivity contribution is 8.17. The molecule has 0 atom stereocenters. The monoisotopic (exact) mass is 496 g/mol. The number of nitrogen functional groups attached to an aromatic ring is 1. The van der Waals surface area contributed by atoms with E-state index in [-0.39, 0.29) is 42.3 Å². The number of thioether (sulfide) groups is 1. The number of halogens is 1. The summed E-state index contributed by atoms with van der Waals surface area (Å²) in [6.45, 7) is 3.00. The van der Waals surface area contributed by atoms with Gasteiger partial charge in [0.2, 0.25) is 11.0 Å². The number of benzene rings is 2. The van der Waals surface area contributed by atoms with Crippen LogP contribution >= 0.6 is 11.8 Å². The molecule has 4 N–H and O–H groups in total. The zero-order valence-electron chi connectivity index (χ0n) is 19.2. The number of carbonyl (C=O) groups is 2. The molecule has 10 heteroatoms. The maximum absolute atomic E-state index is 14.7. The molecule has 182 valence electrons. The number of aryl methyl sites for hydroxylation is 1. The summed E-state index contributed by atoms with van der Waals surface area (Å²) in [6, 6.07) is 12.8. The molecule has 0 saturated carbocycles. The summed E-state index contributed by atoms with van der Waals surface area (Å²) >= 11 is 0.675. The van der Waals surface area contributed by atoms with Crippen molar-refractivity contribution >= 4 is 28.6 Å². The number of aromatic nitrogens is 2. The smallest absolute Gasteiger partial charge is 0.247 e. The first-order valence-corrected chi connectivity index (χ1v) is 11.5. The molecule has 0 fully saturated rings. The number of nitrogens with zero attached hydrogens (tertiary/aromatic N) is 2. The maximum atomic E-state index is 14.7. The quantitative estimate of drug-likeness (QED) is 0.377. The number of carbonyl (C=O) groups excluding carboxylic acids is 2. The number of anilines is 1. The summed E-state index contributed by atoms with van der Waals surface area (Å²) < 4.78 is 20.4. The van der Waals surface area contributed by atoms with Crippen LogP contribution in [-0.4, -0.2) is 32.7 Å². The molecule has 3 rings (SSSR count). The van der Waals surface area contributed by atoms with Crippen molar-refractivity contribution in [1.82, 2.24) is 15.3 Å². The van der Waals surface area contributed by atoms with Crippen LogP contribution in [0.3, 0.4) is 0 Å². The zero-order valence-corrected chi connectivity index (χ0v) is 20.1. The van der Waals surface area contributed by atoms with Gasteiger partial charge in [-0.15, -0.1) is 0 Å². The topological polar surface area (TPSA) is 127 Å². The number of amides is 1. The third-order valence-corrected chi connectivity index (χ3v) is 6.07. The molecule has 0 aliphatic heterocycles. The number of nitrogens with one attached hydrogen (secondary N) is 1. The molecule has 3 aromatic rings. The molecule has 1 amide bonds. The Morgan fingerprint density at radius 2 is 1.91 bits per heavy atom. The second-order valence-corrected chi connectivity index (χ2v) is 8.52. The molecule has 0 bridgehead atoms. The number of para-hydroxylation sites is 1. The molecular weight excluding hydrogens is 471 g/mol. The van der Waals surface area contributed by atoms with Crippen molar-refractivity contribution in [1.29, 1.82) is 0 Å². The largest absolute Gasteiger partial charge is 0.456 e. The minimum atomic E-state index is -0.753. The lowest BCUT2D eigenvalue weighted by atomic mass is 10.2. The van der Waals surface area contributed by atoms with Crippen molar-refractivity contribution in [2.24, 2.45) is 0 Å². The molecule has 2 aromatic carbocycles. The first-order chi connectivity index (χ1) is 16.8. The fraction of sp³-hybridized carbons (Fsp3) is 0.200. The van der Waals surface area contributed by atoms with E-state index in [0.717, 1.165) is 6.07 Å². The summed E-state index contributed by atoms with van der Waals surface area (Å²) in [5.41, 5.74) is 6.36. The second kappa shape index (κ2) is 12.1. The van der Waals surface area contributed by atoms with Crippen LogP contribution in [0.5, 0.6) is 11.5 Å². The van der Waals surface area contributed by atoms with Gasteiger partial charge in [0.25, 0.3) is 0 Å². The lowest BCUT2D eigenvalue weighted by molar-refractivity contribution is -0.117. The van der Waals surface area contributed by atoms with Crippen LogP contribution < -0.4 is 15.8 Å². The van der Waals surface area contributed by atoms with E-state index in [1.807, 2.05) is 0 Å². The fourth-order valence-electron chi connectivity index (χ4n) is 3.07. The Hall–Kier alpha value is -3.76. The average molecular weight is 497 g/mol. The highest BCUT2D eigenvalue weighted by Crippen LogP contribution is 2.34. The molecule has 0 unspecified atom stereocenters. The number of hydrogen-bond acceptors (Lipinski definition) is 8. The van der Waals surface area contributed by atoms with E-state index in [1.165, 1.54) is 25.3 Å². The molecule has 8 nitrogen and oxygen atoms in total. The first-order valence-electron chi connectivity index (χ1n) is 10.7. The number of ether oxygens (including phenoxy) is 1. The number of aliphatic hydroxyl groups excluding tert-OH is 1. The molecule has 1 aromatic heterocycles. The van der Waals surface area contributed by atoms with Gasteiger partial charge in [0.05, 0.1) is 0 Å². The molecule has 1 heterocycles. The molecule has 0 saturated heterocycles. The summed E-state index contributed by atoms with van der Waals surface area (Å²) in [5.74, 6) is 0.0362. The summed E-state index contributed by atoms with van der Waals surface area (Å²) in [7, 11) is 0. The lowest BCUT2D eigenvalue weighted by Crippen LogP contribution is -2.25. The highest BCUT2D eigenvalue weighted by atomic mass is 32.2. The Morgan fingerprint density at radius 3 is 2.60 bits per heavy atom. The van der Waals surface area contributed by atoms with Gasteiger partial charge < -0.3 is 20.9 Å². The molecular formula is C25H25FN4O4S. The van der Waals surface area contributed by atoms with E-state index in [2.05, 4.69) is 15.3 Å². The molecule has 35 heavy (non-hydrogen) atoms. The van der Waals surface area contributed by atoms with Crippen molar-refractivity contribution in [2.75, 3.05) is 12.3 Å². The molecule has 0 radical (unpaired) electrons. The number of nitrogens with two attached hydrogens (primary N) is 1. The summed E-state index contributed by atoms with van der Waals surface area (Å²) in [4.78, 5) is 34.3. The highest BCUT2D eigenvalue weighted by Gasteiger charge is 2.23. The minimum Gasteiger partial charge on any atom is -0.456 e. The normalized spacial score (nSPS) is 11.5. The van der Waals surface area contributed by atoms with E-state index in [0.29, 0.717) is 33.8 Å². The summed E-state index contributed by atoms with van der Waals surface area (Å²) in [6.07, 6.45) is 1.56. The number of rotatable bonds is 9. The predicted molar refractivity (Wildman–Crippen MR) is 132 cm³/mol. The van der Waals surface area contributed by atoms with Crippen LogP contribution in [0.4, 0.5) is 10.2 Å². The van der Waals surface area contributed by atoms with E-state index >= 15 is 0 Å². The van der Waals surface area contributed by atoms with E-state index in [4.69, 9.17) is 10.5 Å². The van der Waals surface area contributed by atoms with Crippen LogP contribution in [0.2, 0.25) is 0 Å². The predicted octanol–water partition coefficient (Wildman–Crippen LogP) is 4.14. The van der Waals surface area contributed by atoms with E-state index in [9.17, 15) is 19.1 Å². The van der Waals surface area contributed by atoms with Gasteiger partial charge in [0, 0.05) is 41.8 Å². The first kappa shape index (κ1) is 25.9. The van der Waals surface area contributed by atoms with Gasteiger partial charge in [-0.2, -0.15) is 0 Å². The third kappa shape index (κ3) is 6.87. The second-order valence-electron chi connectivity index (χ2n) is 7.45. The van der Waals surface area contributed by atoms with Crippen LogP contribution in [-0.2, 0) is 11.3 Å². The van der Waals surface area contributed by atoms with Crippen molar-refractivity contribution in [2.45, 2.75) is 26.8 Å². The van der Waals surface area contributed by atoms with Gasteiger partial charge in [-0.25, -0.2) is 14.4 Å². The van der Waals surface area contributed by atoms with E-state index < -0.39 is 16.8 Å². The van der Waals surface area contributed by atoms with Crippen LogP contribution in [0.15, 0.2) is 65.2 Å².